The van der Waals surface area contributed by atoms with E-state index in [1.54, 1.807) is 12.1 Å². The number of carbonyl (C=O) groups is 1. The highest BCUT2D eigenvalue weighted by Gasteiger charge is 2.10. The van der Waals surface area contributed by atoms with E-state index in [9.17, 15) is 4.79 Å². The van der Waals surface area contributed by atoms with Crippen molar-refractivity contribution in [2.75, 3.05) is 19.8 Å². The summed E-state index contributed by atoms with van der Waals surface area (Å²) in [7, 11) is 0. The largest absolute Gasteiger partial charge is 0.494 e. The molecule has 0 radical (unpaired) electrons. The van der Waals surface area contributed by atoms with Crippen molar-refractivity contribution >= 4 is 5.91 Å². The third-order valence-electron chi connectivity index (χ3n) is 4.33. The molecule has 2 rings (SSSR count). The Bertz CT molecular complexity index is 728. The number of aryl methyl sites for hydroxylation is 1. The van der Waals surface area contributed by atoms with Gasteiger partial charge in [0, 0.05) is 24.3 Å². The quantitative estimate of drug-likeness (QED) is 0.539. The Morgan fingerprint density at radius 3 is 2.50 bits per heavy atom. The van der Waals surface area contributed by atoms with Crippen LogP contribution in [-0.4, -0.2) is 30.8 Å². The summed E-state index contributed by atoms with van der Waals surface area (Å²) in [5, 5.41) is 11.9. The molecule has 0 saturated heterocycles. The summed E-state index contributed by atoms with van der Waals surface area (Å²) in [4.78, 5) is 12.5. The van der Waals surface area contributed by atoms with Crippen LogP contribution >= 0.6 is 0 Å². The van der Waals surface area contributed by atoms with Gasteiger partial charge in [0.05, 0.1) is 13.2 Å². The van der Waals surface area contributed by atoms with Gasteiger partial charge in [-0.05, 0) is 68.5 Å². The summed E-state index contributed by atoms with van der Waals surface area (Å²) in [6.07, 6.45) is 3.57. The second-order valence-corrected chi connectivity index (χ2v) is 6.61. The van der Waals surface area contributed by atoms with Crippen molar-refractivity contribution in [1.29, 1.82) is 0 Å². The Morgan fingerprint density at radius 2 is 1.82 bits per heavy atom. The first-order valence-corrected chi connectivity index (χ1v) is 10.0. The average molecular weight is 386 g/mol. The van der Waals surface area contributed by atoms with Crippen LogP contribution in [0, 0.1) is 0 Å². The number of ether oxygens (including phenoxy) is 2. The van der Waals surface area contributed by atoms with E-state index in [0.717, 1.165) is 42.7 Å². The van der Waals surface area contributed by atoms with E-state index < -0.39 is 0 Å². The molecule has 0 aliphatic rings. The van der Waals surface area contributed by atoms with E-state index in [-0.39, 0.29) is 12.5 Å². The number of rotatable bonds is 12. The molecular formula is C23H31NO4. The lowest BCUT2D eigenvalue weighted by Crippen LogP contribution is -2.23. The molecule has 1 amide bonds. The molecule has 5 heteroatoms. The second-order valence-electron chi connectivity index (χ2n) is 6.61. The third kappa shape index (κ3) is 6.89. The molecule has 2 aromatic carbocycles. The standard InChI is InChI=1S/C23H31NO4/c1-3-15-28-21-11-9-19(10-12-21)23(26)24-17-20-16-18(7-5-6-14-25)8-13-22(20)27-4-2/h8-13,16,25H,3-7,14-15,17H2,1-2H3,(H,24,26). The fourth-order valence-electron chi connectivity index (χ4n) is 2.86. The summed E-state index contributed by atoms with van der Waals surface area (Å²) in [5.41, 5.74) is 2.74. The molecule has 0 heterocycles. The lowest BCUT2D eigenvalue weighted by Gasteiger charge is -2.13. The van der Waals surface area contributed by atoms with Crippen molar-refractivity contribution in [1.82, 2.24) is 5.32 Å². The van der Waals surface area contributed by atoms with Crippen LogP contribution in [0.4, 0.5) is 0 Å². The number of amides is 1. The Labute approximate surface area is 167 Å². The maximum atomic E-state index is 12.5. The van der Waals surface area contributed by atoms with Crippen LogP contribution in [0.1, 0.15) is 54.6 Å². The fourth-order valence-corrected chi connectivity index (χ4v) is 2.86. The number of hydrogen-bond acceptors (Lipinski definition) is 4. The van der Waals surface area contributed by atoms with E-state index in [2.05, 4.69) is 18.3 Å². The van der Waals surface area contributed by atoms with Gasteiger partial charge in [0.1, 0.15) is 11.5 Å². The predicted molar refractivity (Wildman–Crippen MR) is 111 cm³/mol. The first-order valence-electron chi connectivity index (χ1n) is 10.0. The van der Waals surface area contributed by atoms with Crippen molar-refractivity contribution in [3.8, 4) is 11.5 Å². The van der Waals surface area contributed by atoms with Crippen LogP contribution in [-0.2, 0) is 13.0 Å². The third-order valence-corrected chi connectivity index (χ3v) is 4.33. The van der Waals surface area contributed by atoms with Gasteiger partial charge in [-0.15, -0.1) is 0 Å². The van der Waals surface area contributed by atoms with Crippen LogP contribution in [0.15, 0.2) is 42.5 Å². The zero-order chi connectivity index (χ0) is 20.2. The Morgan fingerprint density at radius 1 is 1.04 bits per heavy atom. The van der Waals surface area contributed by atoms with Gasteiger partial charge in [-0.1, -0.05) is 19.1 Å². The van der Waals surface area contributed by atoms with Crippen molar-refractivity contribution < 1.29 is 19.4 Å². The number of aliphatic hydroxyl groups is 1. The lowest BCUT2D eigenvalue weighted by molar-refractivity contribution is 0.0950. The van der Waals surface area contributed by atoms with Crippen LogP contribution in [0.5, 0.6) is 11.5 Å². The van der Waals surface area contributed by atoms with Crippen LogP contribution < -0.4 is 14.8 Å². The van der Waals surface area contributed by atoms with E-state index >= 15 is 0 Å². The first-order chi connectivity index (χ1) is 13.7. The summed E-state index contributed by atoms with van der Waals surface area (Å²) in [6, 6.07) is 13.3. The number of hydrogen-bond donors (Lipinski definition) is 2. The monoisotopic (exact) mass is 385 g/mol. The number of carbonyl (C=O) groups excluding carboxylic acids is 1. The van der Waals surface area contributed by atoms with E-state index in [0.29, 0.717) is 25.3 Å². The summed E-state index contributed by atoms with van der Waals surface area (Å²) in [5.74, 6) is 1.43. The molecule has 28 heavy (non-hydrogen) atoms. The highest BCUT2D eigenvalue weighted by Crippen LogP contribution is 2.22. The summed E-state index contributed by atoms with van der Waals surface area (Å²) < 4.78 is 11.3. The molecule has 0 aliphatic heterocycles. The Balaban J connectivity index is 2.00. The smallest absolute Gasteiger partial charge is 0.251 e. The Hall–Kier alpha value is -2.53. The number of unbranched alkanes of at least 4 members (excludes halogenated alkanes) is 1. The molecule has 0 aliphatic carbocycles. The predicted octanol–water partition coefficient (Wildman–Crippen LogP) is 4.12. The molecule has 0 fully saturated rings. The van der Waals surface area contributed by atoms with E-state index in [4.69, 9.17) is 14.6 Å². The van der Waals surface area contributed by atoms with E-state index in [1.807, 2.05) is 31.2 Å². The van der Waals surface area contributed by atoms with Gasteiger partial charge >= 0.3 is 0 Å². The molecule has 0 aromatic heterocycles. The molecule has 0 spiro atoms. The molecule has 5 nitrogen and oxygen atoms in total. The van der Waals surface area contributed by atoms with Gasteiger partial charge in [-0.2, -0.15) is 0 Å². The molecule has 0 unspecified atom stereocenters. The molecule has 0 atom stereocenters. The van der Waals surface area contributed by atoms with Crippen LogP contribution in [0.2, 0.25) is 0 Å². The number of benzene rings is 2. The summed E-state index contributed by atoms with van der Waals surface area (Å²) >= 11 is 0. The van der Waals surface area contributed by atoms with Gasteiger partial charge in [-0.25, -0.2) is 0 Å². The van der Waals surface area contributed by atoms with Crippen molar-refractivity contribution in [2.45, 2.75) is 46.1 Å². The normalized spacial score (nSPS) is 10.5. The molecule has 2 N–H and O–H groups in total. The summed E-state index contributed by atoms with van der Waals surface area (Å²) in [6.45, 7) is 5.85. The first kappa shape index (κ1) is 21.8. The second kappa shape index (κ2) is 12.0. The van der Waals surface area contributed by atoms with Gasteiger partial charge in [0.25, 0.3) is 5.91 Å². The molecule has 2 aromatic rings. The van der Waals surface area contributed by atoms with Crippen molar-refractivity contribution in [2.24, 2.45) is 0 Å². The fraction of sp³-hybridized carbons (Fsp3) is 0.435. The van der Waals surface area contributed by atoms with Gasteiger partial charge in [0.15, 0.2) is 0 Å². The molecule has 152 valence electrons. The Kier molecular flexibility index (Phi) is 9.35. The van der Waals surface area contributed by atoms with Gasteiger partial charge < -0.3 is 19.9 Å². The zero-order valence-corrected chi connectivity index (χ0v) is 16.9. The highest BCUT2D eigenvalue weighted by atomic mass is 16.5. The zero-order valence-electron chi connectivity index (χ0n) is 16.9. The number of nitrogens with one attached hydrogen (secondary N) is 1. The van der Waals surface area contributed by atoms with Crippen LogP contribution in [0.3, 0.4) is 0 Å². The van der Waals surface area contributed by atoms with Gasteiger partial charge in [0.2, 0.25) is 0 Å². The van der Waals surface area contributed by atoms with Gasteiger partial charge in [-0.3, -0.25) is 4.79 Å². The highest BCUT2D eigenvalue weighted by molar-refractivity contribution is 5.94. The van der Waals surface area contributed by atoms with Crippen molar-refractivity contribution in [3.05, 3.63) is 59.2 Å². The minimum absolute atomic E-state index is 0.129. The van der Waals surface area contributed by atoms with Crippen LogP contribution in [0.25, 0.3) is 0 Å². The van der Waals surface area contributed by atoms with E-state index in [1.165, 1.54) is 5.56 Å². The average Bonchev–Trinajstić information content (AvgIpc) is 2.72. The maximum absolute atomic E-state index is 12.5. The molecular weight excluding hydrogens is 354 g/mol. The maximum Gasteiger partial charge on any atom is 0.251 e. The minimum Gasteiger partial charge on any atom is -0.494 e. The van der Waals surface area contributed by atoms with Crippen molar-refractivity contribution in [3.63, 3.8) is 0 Å². The number of aliphatic hydroxyl groups excluding tert-OH is 1. The lowest BCUT2D eigenvalue weighted by atomic mass is 10.0. The SMILES string of the molecule is CCCOc1ccc(C(=O)NCc2cc(CCCCO)ccc2OCC)cc1. The minimum atomic E-state index is -0.129. The molecule has 0 bridgehead atoms. The molecule has 0 saturated carbocycles. The topological polar surface area (TPSA) is 67.8 Å².